The molecule has 15 heteroatoms. The summed E-state index contributed by atoms with van der Waals surface area (Å²) in [4.78, 5) is 26.4. The topological polar surface area (TPSA) is 59.1 Å². The molecule has 1 fully saturated rings. The molecule has 1 saturated heterocycles. The van der Waals surface area contributed by atoms with Crippen molar-refractivity contribution < 1.29 is 58.6 Å². The van der Waals surface area contributed by atoms with Gasteiger partial charge in [0.1, 0.15) is 11.9 Å². The van der Waals surface area contributed by atoms with E-state index in [0.29, 0.717) is 42.7 Å². The smallest absolute Gasteiger partial charge is 0.471 e. The number of benzene rings is 2. The predicted octanol–water partition coefficient (Wildman–Crippen LogP) is 9.11. The summed E-state index contributed by atoms with van der Waals surface area (Å²) in [5, 5.41) is 0. The number of cyclic esters (lactones) is 1. The van der Waals surface area contributed by atoms with E-state index in [9.17, 15) is 49.1 Å². The second-order valence-corrected chi connectivity index (χ2v) is 12.7. The molecule has 0 N–H and O–H groups in total. The summed E-state index contributed by atoms with van der Waals surface area (Å²) in [6.45, 7) is 6.78. The van der Waals surface area contributed by atoms with Crippen LogP contribution in [0.1, 0.15) is 74.0 Å². The van der Waals surface area contributed by atoms with E-state index in [4.69, 9.17) is 9.47 Å². The summed E-state index contributed by atoms with van der Waals surface area (Å²) >= 11 is 0. The van der Waals surface area contributed by atoms with Crippen molar-refractivity contribution in [2.45, 2.75) is 77.6 Å². The molecule has 6 nitrogen and oxygen atoms in total. The van der Waals surface area contributed by atoms with Crippen LogP contribution in [-0.4, -0.2) is 49.8 Å². The second kappa shape index (κ2) is 12.3. The molecule has 0 aromatic heterocycles. The number of amides is 2. The highest BCUT2D eigenvalue weighted by Gasteiger charge is 2.46. The van der Waals surface area contributed by atoms with Crippen LogP contribution in [0.4, 0.5) is 50.0 Å². The highest BCUT2D eigenvalue weighted by atomic mass is 19.4. The van der Waals surface area contributed by atoms with Crippen LogP contribution in [0.15, 0.2) is 35.9 Å². The van der Waals surface area contributed by atoms with E-state index >= 15 is 0 Å². The van der Waals surface area contributed by atoms with E-state index in [-0.39, 0.29) is 40.2 Å². The first-order chi connectivity index (χ1) is 21.4. The number of aryl methyl sites for hydroxylation is 1. The minimum Gasteiger partial charge on any atom is -0.496 e. The Bertz CT molecular complexity index is 1590. The van der Waals surface area contributed by atoms with Gasteiger partial charge in [0.05, 0.1) is 30.0 Å². The molecule has 2 atom stereocenters. The Morgan fingerprint density at radius 2 is 1.66 bits per heavy atom. The van der Waals surface area contributed by atoms with E-state index in [1.165, 1.54) is 17.9 Å². The Kier molecular flexibility index (Phi) is 9.38. The molecule has 1 aliphatic heterocycles. The predicted molar refractivity (Wildman–Crippen MR) is 154 cm³/mol. The number of rotatable bonds is 6. The zero-order chi connectivity index (χ0) is 35.4. The van der Waals surface area contributed by atoms with Crippen LogP contribution in [0.5, 0.6) is 5.75 Å². The Morgan fingerprint density at radius 3 is 2.21 bits per heavy atom. The third-order valence-corrected chi connectivity index (χ3v) is 8.54. The van der Waals surface area contributed by atoms with Gasteiger partial charge in [0.15, 0.2) is 0 Å². The van der Waals surface area contributed by atoms with Crippen LogP contribution in [0.2, 0.25) is 0 Å². The summed E-state index contributed by atoms with van der Waals surface area (Å²) in [5.41, 5.74) is -2.45. The van der Waals surface area contributed by atoms with Gasteiger partial charge in [-0.25, -0.2) is 4.79 Å². The Hall–Kier alpha value is -3.91. The number of hydrogen-bond acceptors (Lipinski definition) is 4. The molecule has 2 aliphatic rings. The molecule has 0 radical (unpaired) electrons. The van der Waals surface area contributed by atoms with Crippen LogP contribution < -0.4 is 9.64 Å². The van der Waals surface area contributed by atoms with Crippen LogP contribution in [-0.2, 0) is 21.9 Å². The van der Waals surface area contributed by atoms with Crippen molar-refractivity contribution in [3.8, 4) is 5.75 Å². The maximum Gasteiger partial charge on any atom is 0.471 e. The Labute approximate surface area is 265 Å². The molecule has 0 unspecified atom stereocenters. The van der Waals surface area contributed by atoms with Crippen LogP contribution in [0.3, 0.4) is 0 Å². The molecule has 0 saturated carbocycles. The highest BCUT2D eigenvalue weighted by molar-refractivity contribution is 5.98. The quantitative estimate of drug-likeness (QED) is 0.286. The first-order valence-electron chi connectivity index (χ1n) is 14.5. The number of nitrogens with zero attached hydrogens (tertiary/aromatic N) is 2. The number of anilines is 1. The van der Waals surface area contributed by atoms with Crippen LogP contribution in [0.25, 0.3) is 5.57 Å². The van der Waals surface area contributed by atoms with Gasteiger partial charge in [0.25, 0.3) is 0 Å². The van der Waals surface area contributed by atoms with Gasteiger partial charge in [-0.05, 0) is 79.5 Å². The van der Waals surface area contributed by atoms with E-state index in [2.05, 4.69) is 0 Å². The number of halogens is 9. The largest absolute Gasteiger partial charge is 0.496 e. The van der Waals surface area contributed by atoms with Crippen molar-refractivity contribution in [2.24, 2.45) is 5.41 Å². The fraction of sp³-hybridized carbons (Fsp3) is 0.500. The maximum absolute atomic E-state index is 14.1. The Morgan fingerprint density at radius 1 is 1.02 bits per heavy atom. The number of carbonyl (C=O) groups is 2. The van der Waals surface area contributed by atoms with E-state index in [1.54, 1.807) is 6.92 Å². The van der Waals surface area contributed by atoms with Gasteiger partial charge in [-0.1, -0.05) is 25.5 Å². The van der Waals surface area contributed by atoms with E-state index in [0.717, 1.165) is 25.3 Å². The first kappa shape index (κ1) is 35.9. The summed E-state index contributed by atoms with van der Waals surface area (Å²) in [5.74, 6) is -2.82. The van der Waals surface area contributed by atoms with E-state index < -0.39 is 59.5 Å². The summed E-state index contributed by atoms with van der Waals surface area (Å²) in [7, 11) is 1.69. The summed E-state index contributed by atoms with van der Waals surface area (Å²) in [6, 6.07) is 3.95. The molecule has 4 rings (SSSR count). The molecule has 0 spiro atoms. The average Bonchev–Trinajstić information content (AvgIpc) is 3.22. The number of carbonyl (C=O) groups excluding carboxylic acids is 2. The molecular weight excluding hydrogens is 647 g/mol. The number of allylic oxidation sites excluding steroid dienone is 1. The van der Waals surface area contributed by atoms with Crippen LogP contribution in [0, 0.1) is 12.3 Å². The van der Waals surface area contributed by atoms with Gasteiger partial charge < -0.3 is 14.4 Å². The van der Waals surface area contributed by atoms with Crippen molar-refractivity contribution in [3.05, 3.63) is 63.7 Å². The third kappa shape index (κ3) is 7.48. The van der Waals surface area contributed by atoms with Crippen molar-refractivity contribution in [2.75, 3.05) is 25.6 Å². The first-order valence-corrected chi connectivity index (χ1v) is 14.5. The molecule has 2 aromatic carbocycles. The fourth-order valence-corrected chi connectivity index (χ4v) is 6.17. The minimum atomic E-state index is -5.46. The van der Waals surface area contributed by atoms with Crippen molar-refractivity contribution in [1.82, 2.24) is 4.90 Å². The lowest BCUT2D eigenvalue weighted by atomic mass is 9.72. The zero-order valence-electron chi connectivity index (χ0n) is 26.3. The maximum atomic E-state index is 14.1. The van der Waals surface area contributed by atoms with Crippen molar-refractivity contribution >= 4 is 23.3 Å². The lowest BCUT2D eigenvalue weighted by Crippen LogP contribution is -2.39. The molecule has 2 aromatic rings. The number of methoxy groups -OCH3 is 1. The molecular formula is C32H33F9N2O4. The SMILES string of the molecule is COc1cc(C(F)(F)F)c(N(C)C(=O)C(F)(F)F)cc1C1=C(CN2C(=O)O[C@H](c3cc(C)cc(C(F)(F)F)c3)[C@@H]2C)CC(C)(C)CC1. The minimum absolute atomic E-state index is 0.00750. The van der Waals surface area contributed by atoms with Gasteiger partial charge in [-0.3, -0.25) is 9.69 Å². The second-order valence-electron chi connectivity index (χ2n) is 12.7. The van der Waals surface area contributed by atoms with Gasteiger partial charge in [-0.15, -0.1) is 0 Å². The summed E-state index contributed by atoms with van der Waals surface area (Å²) < 4.78 is 134. The molecule has 0 bridgehead atoms. The molecule has 1 heterocycles. The lowest BCUT2D eigenvalue weighted by Gasteiger charge is -2.36. The number of alkyl halides is 9. The fourth-order valence-electron chi connectivity index (χ4n) is 6.17. The molecule has 1 aliphatic carbocycles. The third-order valence-electron chi connectivity index (χ3n) is 8.54. The highest BCUT2D eigenvalue weighted by Crippen LogP contribution is 2.49. The van der Waals surface area contributed by atoms with Gasteiger partial charge in [0.2, 0.25) is 0 Å². The van der Waals surface area contributed by atoms with Crippen molar-refractivity contribution in [1.29, 1.82) is 0 Å². The average molecular weight is 681 g/mol. The Balaban J connectivity index is 1.83. The number of ether oxygens (including phenoxy) is 2. The van der Waals surface area contributed by atoms with E-state index in [1.807, 2.05) is 13.8 Å². The number of hydrogen-bond donors (Lipinski definition) is 0. The molecule has 258 valence electrons. The zero-order valence-corrected chi connectivity index (χ0v) is 26.3. The molecule has 2 amide bonds. The summed E-state index contributed by atoms with van der Waals surface area (Å²) in [6.07, 6.45) is -16.1. The van der Waals surface area contributed by atoms with Gasteiger partial charge >= 0.3 is 30.5 Å². The van der Waals surface area contributed by atoms with Crippen LogP contribution >= 0.6 is 0 Å². The monoisotopic (exact) mass is 680 g/mol. The van der Waals surface area contributed by atoms with Gasteiger partial charge in [0, 0.05) is 19.2 Å². The van der Waals surface area contributed by atoms with Gasteiger partial charge in [-0.2, -0.15) is 39.5 Å². The standard InChI is InChI=1S/C32H33F9N2O4/c1-16-9-18(11-20(10-16)30(33,34)35)26-17(2)43(28(45)47-26)15-19-14-29(3,4)8-7-21(19)22-12-24(42(5)27(44)32(39,40)41)23(31(36,37)38)13-25(22)46-6/h9-13,17,26H,7-8,14-15H2,1-6H3/t17-,26-/m0/s1. The normalized spacial score (nSPS) is 20.4. The lowest BCUT2D eigenvalue weighted by molar-refractivity contribution is -0.170. The van der Waals surface area contributed by atoms with Crippen molar-refractivity contribution in [3.63, 3.8) is 0 Å². The molecule has 47 heavy (non-hydrogen) atoms.